The van der Waals surface area contributed by atoms with Gasteiger partial charge in [-0.1, -0.05) is 24.3 Å². The predicted octanol–water partition coefficient (Wildman–Crippen LogP) is 3.56. The third-order valence-electron chi connectivity index (χ3n) is 4.36. The molecular formula is C19H16N2O3S2. The first kappa shape index (κ1) is 16.9. The molecule has 1 amide bonds. The average Bonchev–Trinajstić information content (AvgIpc) is 3.04. The van der Waals surface area contributed by atoms with Gasteiger partial charge in [-0.2, -0.15) is 0 Å². The van der Waals surface area contributed by atoms with E-state index in [1.54, 1.807) is 0 Å². The fourth-order valence-corrected chi connectivity index (χ4v) is 4.63. The lowest BCUT2D eigenvalue weighted by atomic mass is 9.94. The quantitative estimate of drug-likeness (QED) is 0.749. The van der Waals surface area contributed by atoms with Crippen LogP contribution >= 0.6 is 11.3 Å². The number of thiazole rings is 1. The van der Waals surface area contributed by atoms with Crippen molar-refractivity contribution in [2.24, 2.45) is 0 Å². The van der Waals surface area contributed by atoms with Crippen LogP contribution < -0.4 is 5.32 Å². The molecule has 26 heavy (non-hydrogen) atoms. The molecule has 0 radical (unpaired) electrons. The number of benzene rings is 2. The smallest absolute Gasteiger partial charge is 0.257 e. The molecule has 2 aromatic carbocycles. The van der Waals surface area contributed by atoms with E-state index in [1.807, 2.05) is 12.1 Å². The Hall–Kier alpha value is -2.51. The van der Waals surface area contributed by atoms with E-state index in [2.05, 4.69) is 22.4 Å². The van der Waals surface area contributed by atoms with Gasteiger partial charge in [-0.3, -0.25) is 10.1 Å². The minimum atomic E-state index is -3.28. The zero-order valence-corrected chi connectivity index (χ0v) is 15.7. The van der Waals surface area contributed by atoms with Crippen LogP contribution in [-0.2, 0) is 22.7 Å². The number of hydrogen-bond acceptors (Lipinski definition) is 5. The summed E-state index contributed by atoms with van der Waals surface area (Å²) in [5.41, 5.74) is 3.74. The van der Waals surface area contributed by atoms with Crippen LogP contribution in [0.1, 0.15) is 20.8 Å². The van der Waals surface area contributed by atoms with Crippen molar-refractivity contribution in [3.05, 3.63) is 64.5 Å². The van der Waals surface area contributed by atoms with Gasteiger partial charge in [0.2, 0.25) is 0 Å². The van der Waals surface area contributed by atoms with E-state index in [0.29, 0.717) is 10.7 Å². The second kappa shape index (κ2) is 6.34. The number of nitrogens with zero attached hydrogens (tertiary/aromatic N) is 1. The summed E-state index contributed by atoms with van der Waals surface area (Å²) in [6, 6.07) is 14.1. The van der Waals surface area contributed by atoms with Crippen molar-refractivity contribution < 1.29 is 13.2 Å². The van der Waals surface area contributed by atoms with Crippen LogP contribution in [0.15, 0.2) is 53.4 Å². The van der Waals surface area contributed by atoms with Crippen molar-refractivity contribution in [1.29, 1.82) is 0 Å². The molecule has 4 rings (SSSR count). The van der Waals surface area contributed by atoms with E-state index < -0.39 is 9.84 Å². The van der Waals surface area contributed by atoms with Crippen LogP contribution in [0.4, 0.5) is 5.13 Å². The van der Waals surface area contributed by atoms with Gasteiger partial charge in [0.05, 0.1) is 10.6 Å². The molecular weight excluding hydrogens is 368 g/mol. The minimum Gasteiger partial charge on any atom is -0.298 e. The first-order valence-electron chi connectivity index (χ1n) is 8.11. The number of carbonyl (C=O) groups is 1. The van der Waals surface area contributed by atoms with Gasteiger partial charge in [0.15, 0.2) is 15.0 Å². The molecule has 0 atom stereocenters. The summed E-state index contributed by atoms with van der Waals surface area (Å²) in [5, 5.41) is 3.38. The number of sulfone groups is 1. The van der Waals surface area contributed by atoms with Crippen molar-refractivity contribution in [1.82, 2.24) is 4.98 Å². The monoisotopic (exact) mass is 384 g/mol. The molecule has 1 aliphatic rings. The van der Waals surface area contributed by atoms with Crippen molar-refractivity contribution in [3.63, 3.8) is 0 Å². The SMILES string of the molecule is CS(=O)(=O)c1ccc(C(=O)Nc2nc3c(s2)CCc2ccccc2-3)cc1. The van der Waals surface area contributed by atoms with E-state index in [-0.39, 0.29) is 10.8 Å². The van der Waals surface area contributed by atoms with Crippen LogP contribution in [0.5, 0.6) is 0 Å². The summed E-state index contributed by atoms with van der Waals surface area (Å²) in [6.45, 7) is 0. The Morgan fingerprint density at radius 2 is 1.81 bits per heavy atom. The molecule has 0 unspecified atom stereocenters. The standard InChI is InChI=1S/C19H16N2O3S2/c1-26(23,24)14-9-6-13(7-10-14)18(22)21-19-20-17-15-5-3-2-4-12(15)8-11-16(17)25-19/h2-7,9-10H,8,11H2,1H3,(H,20,21,22). The van der Waals surface area contributed by atoms with Gasteiger partial charge in [0.25, 0.3) is 5.91 Å². The molecule has 132 valence electrons. The van der Waals surface area contributed by atoms with E-state index in [4.69, 9.17) is 0 Å². The average molecular weight is 384 g/mol. The number of anilines is 1. The maximum atomic E-state index is 12.4. The van der Waals surface area contributed by atoms with Crippen molar-refractivity contribution >= 4 is 32.2 Å². The molecule has 1 N–H and O–H groups in total. The highest BCUT2D eigenvalue weighted by atomic mass is 32.2. The number of amides is 1. The summed E-state index contributed by atoms with van der Waals surface area (Å²) >= 11 is 1.49. The van der Waals surface area contributed by atoms with Crippen LogP contribution in [-0.4, -0.2) is 25.6 Å². The molecule has 0 saturated carbocycles. The molecule has 1 aliphatic carbocycles. The molecule has 7 heteroatoms. The second-order valence-corrected chi connectivity index (χ2v) is 9.30. The van der Waals surface area contributed by atoms with Crippen molar-refractivity contribution in [2.75, 3.05) is 11.6 Å². The molecule has 0 aliphatic heterocycles. The van der Waals surface area contributed by atoms with Crippen LogP contribution in [0.25, 0.3) is 11.3 Å². The minimum absolute atomic E-state index is 0.190. The van der Waals surface area contributed by atoms with E-state index in [0.717, 1.165) is 30.4 Å². The molecule has 0 saturated heterocycles. The Morgan fingerprint density at radius 3 is 2.54 bits per heavy atom. The number of carbonyl (C=O) groups excluding carboxylic acids is 1. The maximum absolute atomic E-state index is 12.4. The van der Waals surface area contributed by atoms with Crippen LogP contribution in [0.3, 0.4) is 0 Å². The number of fused-ring (bicyclic) bond motifs is 3. The van der Waals surface area contributed by atoms with Gasteiger partial charge >= 0.3 is 0 Å². The van der Waals surface area contributed by atoms with Gasteiger partial charge in [-0.15, -0.1) is 11.3 Å². The zero-order chi connectivity index (χ0) is 18.3. The van der Waals surface area contributed by atoms with Gasteiger partial charge in [0.1, 0.15) is 0 Å². The zero-order valence-electron chi connectivity index (χ0n) is 14.0. The number of aromatic nitrogens is 1. The Labute approximate surface area is 155 Å². The summed E-state index contributed by atoms with van der Waals surface area (Å²) in [7, 11) is -3.28. The highest BCUT2D eigenvalue weighted by Crippen LogP contribution is 2.38. The Bertz CT molecular complexity index is 1100. The fourth-order valence-electron chi connectivity index (χ4n) is 3.03. The number of aryl methyl sites for hydroxylation is 2. The van der Waals surface area contributed by atoms with Gasteiger partial charge in [-0.05, 0) is 42.7 Å². The van der Waals surface area contributed by atoms with Crippen LogP contribution in [0, 0.1) is 0 Å². The Kier molecular flexibility index (Phi) is 4.13. The largest absolute Gasteiger partial charge is 0.298 e. The second-order valence-electron chi connectivity index (χ2n) is 6.20. The number of hydrogen-bond donors (Lipinski definition) is 1. The molecule has 1 heterocycles. The molecule has 0 spiro atoms. The maximum Gasteiger partial charge on any atom is 0.257 e. The molecule has 0 fully saturated rings. The molecule has 0 bridgehead atoms. The Morgan fingerprint density at radius 1 is 1.08 bits per heavy atom. The molecule has 1 aromatic heterocycles. The first-order chi connectivity index (χ1) is 12.4. The van der Waals surface area contributed by atoms with Gasteiger partial charge in [-0.25, -0.2) is 13.4 Å². The fraction of sp³-hybridized carbons (Fsp3) is 0.158. The highest BCUT2D eigenvalue weighted by molar-refractivity contribution is 7.90. The summed E-state index contributed by atoms with van der Waals surface area (Å²) in [6.07, 6.45) is 3.04. The van der Waals surface area contributed by atoms with Gasteiger partial charge < -0.3 is 0 Å². The highest BCUT2D eigenvalue weighted by Gasteiger charge is 2.21. The normalized spacial score (nSPS) is 13.0. The Balaban J connectivity index is 1.57. The third kappa shape index (κ3) is 3.15. The predicted molar refractivity (Wildman–Crippen MR) is 102 cm³/mol. The van der Waals surface area contributed by atoms with E-state index in [1.165, 1.54) is 46.0 Å². The number of rotatable bonds is 3. The lowest BCUT2D eigenvalue weighted by molar-refractivity contribution is 0.102. The van der Waals surface area contributed by atoms with Crippen molar-refractivity contribution in [2.45, 2.75) is 17.7 Å². The third-order valence-corrected chi connectivity index (χ3v) is 6.52. The summed E-state index contributed by atoms with van der Waals surface area (Å²) < 4.78 is 23.0. The lowest BCUT2D eigenvalue weighted by Gasteiger charge is -2.13. The molecule has 3 aromatic rings. The summed E-state index contributed by atoms with van der Waals surface area (Å²) in [4.78, 5) is 18.4. The topological polar surface area (TPSA) is 76.1 Å². The summed E-state index contributed by atoms with van der Waals surface area (Å²) in [5.74, 6) is -0.301. The first-order valence-corrected chi connectivity index (χ1v) is 10.8. The van der Waals surface area contributed by atoms with Crippen LogP contribution in [0.2, 0.25) is 0 Å². The lowest BCUT2D eigenvalue weighted by Crippen LogP contribution is -2.12. The molecule has 5 nitrogen and oxygen atoms in total. The van der Waals surface area contributed by atoms with Crippen molar-refractivity contribution in [3.8, 4) is 11.3 Å². The van der Waals surface area contributed by atoms with E-state index in [9.17, 15) is 13.2 Å². The van der Waals surface area contributed by atoms with Gasteiger partial charge in [0, 0.05) is 22.3 Å². The number of nitrogens with one attached hydrogen (secondary N) is 1. The van der Waals surface area contributed by atoms with E-state index >= 15 is 0 Å².